The van der Waals surface area contributed by atoms with E-state index in [1.165, 1.54) is 31.5 Å². The molecule has 118 valence electrons. The third kappa shape index (κ3) is 6.06. The van der Waals surface area contributed by atoms with E-state index in [1.807, 2.05) is 6.07 Å². The third-order valence-electron chi connectivity index (χ3n) is 4.27. The lowest BCUT2D eigenvalue weighted by Crippen LogP contribution is -2.45. The van der Waals surface area contributed by atoms with Crippen molar-refractivity contribution >= 4 is 0 Å². The molecular formula is C18H30N2O. The summed E-state index contributed by atoms with van der Waals surface area (Å²) in [7, 11) is 0. The van der Waals surface area contributed by atoms with E-state index in [0.717, 1.165) is 25.1 Å². The Kier molecular flexibility index (Phi) is 6.52. The number of likely N-dealkylation sites (tertiary alicyclic amines) is 1. The van der Waals surface area contributed by atoms with Gasteiger partial charge in [0.15, 0.2) is 0 Å². The highest BCUT2D eigenvalue weighted by atomic mass is 16.3. The molecule has 3 heteroatoms. The maximum atomic E-state index is 5.39. The predicted molar refractivity (Wildman–Crippen MR) is 88.5 cm³/mol. The molecule has 1 atom stereocenters. The lowest BCUT2D eigenvalue weighted by molar-refractivity contribution is 0.206. The molecule has 0 aliphatic carbocycles. The summed E-state index contributed by atoms with van der Waals surface area (Å²) in [5, 5.41) is 3.78. The molecule has 1 fully saturated rings. The van der Waals surface area contributed by atoms with Gasteiger partial charge in [-0.3, -0.25) is 4.90 Å². The molecule has 0 aromatic carbocycles. The number of nitrogens with one attached hydrogen (secondary N) is 1. The van der Waals surface area contributed by atoms with Gasteiger partial charge in [-0.2, -0.15) is 0 Å². The number of piperidine rings is 1. The Balaban J connectivity index is 1.62. The quantitative estimate of drug-likeness (QED) is 0.777. The first-order chi connectivity index (χ1) is 10.1. The van der Waals surface area contributed by atoms with Crippen LogP contribution in [0.5, 0.6) is 0 Å². The van der Waals surface area contributed by atoms with Gasteiger partial charge in [0, 0.05) is 25.0 Å². The summed E-state index contributed by atoms with van der Waals surface area (Å²) >= 11 is 0. The highest BCUT2D eigenvalue weighted by Crippen LogP contribution is 2.13. The first-order valence-electron chi connectivity index (χ1n) is 8.27. The van der Waals surface area contributed by atoms with E-state index >= 15 is 0 Å². The normalized spacial score (nSPS) is 18.6. The van der Waals surface area contributed by atoms with Crippen LogP contribution in [-0.4, -0.2) is 36.6 Å². The number of aryl methyl sites for hydroxylation is 1. The topological polar surface area (TPSA) is 28.4 Å². The van der Waals surface area contributed by atoms with Crippen molar-refractivity contribution in [2.75, 3.05) is 19.6 Å². The molecule has 2 rings (SSSR count). The average molecular weight is 290 g/mol. The van der Waals surface area contributed by atoms with Crippen molar-refractivity contribution in [3.05, 3.63) is 35.8 Å². The van der Waals surface area contributed by atoms with E-state index in [2.05, 4.69) is 43.1 Å². The van der Waals surface area contributed by atoms with E-state index < -0.39 is 0 Å². The largest absolute Gasteiger partial charge is 0.469 e. The summed E-state index contributed by atoms with van der Waals surface area (Å²) in [6.07, 6.45) is 8.80. The molecule has 0 saturated carbocycles. The Morgan fingerprint density at radius 3 is 2.81 bits per heavy atom. The van der Waals surface area contributed by atoms with Gasteiger partial charge in [0.05, 0.1) is 6.26 Å². The van der Waals surface area contributed by atoms with Crippen LogP contribution in [0.15, 0.2) is 34.5 Å². The van der Waals surface area contributed by atoms with Crippen molar-refractivity contribution in [2.24, 2.45) is 0 Å². The number of furan rings is 1. The first kappa shape index (κ1) is 16.3. The van der Waals surface area contributed by atoms with Crippen molar-refractivity contribution in [1.29, 1.82) is 0 Å². The third-order valence-corrected chi connectivity index (χ3v) is 4.27. The minimum Gasteiger partial charge on any atom is -0.469 e. The molecule has 1 unspecified atom stereocenters. The molecule has 0 bridgehead atoms. The number of nitrogens with zero attached hydrogens (tertiary/aromatic N) is 1. The van der Waals surface area contributed by atoms with Gasteiger partial charge in [0.1, 0.15) is 5.76 Å². The van der Waals surface area contributed by atoms with Gasteiger partial charge in [-0.1, -0.05) is 11.6 Å². The molecule has 1 aliphatic rings. The lowest BCUT2D eigenvalue weighted by Gasteiger charge is -2.33. The fraction of sp³-hybridized carbons (Fsp3) is 0.667. The van der Waals surface area contributed by atoms with Crippen LogP contribution < -0.4 is 5.32 Å². The second-order valence-corrected chi connectivity index (χ2v) is 6.54. The molecule has 0 spiro atoms. The highest BCUT2D eigenvalue weighted by Gasteiger charge is 2.19. The second kappa shape index (κ2) is 8.40. The Morgan fingerprint density at radius 1 is 1.43 bits per heavy atom. The number of allylic oxidation sites excluding steroid dienone is 1. The van der Waals surface area contributed by atoms with Crippen LogP contribution in [0.2, 0.25) is 0 Å². The summed E-state index contributed by atoms with van der Waals surface area (Å²) < 4.78 is 5.39. The lowest BCUT2D eigenvalue weighted by atomic mass is 10.0. The first-order valence-corrected chi connectivity index (χ1v) is 8.27. The maximum Gasteiger partial charge on any atom is 0.103 e. The van der Waals surface area contributed by atoms with Gasteiger partial charge < -0.3 is 9.73 Å². The predicted octanol–water partition coefficient (Wildman–Crippen LogP) is 3.62. The van der Waals surface area contributed by atoms with Gasteiger partial charge >= 0.3 is 0 Å². The number of hydrogen-bond acceptors (Lipinski definition) is 3. The van der Waals surface area contributed by atoms with Crippen molar-refractivity contribution in [1.82, 2.24) is 10.2 Å². The zero-order valence-corrected chi connectivity index (χ0v) is 13.8. The van der Waals surface area contributed by atoms with Gasteiger partial charge in [-0.05, 0) is 65.3 Å². The van der Waals surface area contributed by atoms with Crippen molar-refractivity contribution in [3.63, 3.8) is 0 Å². The molecule has 1 aromatic rings. The summed E-state index contributed by atoms with van der Waals surface area (Å²) in [6, 6.07) is 5.27. The van der Waals surface area contributed by atoms with Crippen molar-refractivity contribution < 1.29 is 4.42 Å². The van der Waals surface area contributed by atoms with E-state index in [0.29, 0.717) is 12.1 Å². The van der Waals surface area contributed by atoms with Crippen molar-refractivity contribution in [3.8, 4) is 0 Å². The van der Waals surface area contributed by atoms with E-state index in [1.54, 1.807) is 6.26 Å². The van der Waals surface area contributed by atoms with E-state index in [-0.39, 0.29) is 0 Å². The Hall–Kier alpha value is -1.06. The minimum absolute atomic E-state index is 0.560. The Labute approximate surface area is 129 Å². The van der Waals surface area contributed by atoms with Crippen LogP contribution in [0.4, 0.5) is 0 Å². The Morgan fingerprint density at radius 2 is 2.19 bits per heavy atom. The molecule has 1 saturated heterocycles. The zero-order chi connectivity index (χ0) is 15.1. The van der Waals surface area contributed by atoms with Crippen LogP contribution in [-0.2, 0) is 6.42 Å². The highest BCUT2D eigenvalue weighted by molar-refractivity contribution is 4.98. The van der Waals surface area contributed by atoms with Gasteiger partial charge in [0.2, 0.25) is 0 Å². The Bertz CT molecular complexity index is 412. The number of hydrogen-bond donors (Lipinski definition) is 1. The maximum absolute atomic E-state index is 5.39. The van der Waals surface area contributed by atoms with Crippen LogP contribution in [0, 0.1) is 0 Å². The average Bonchev–Trinajstić information content (AvgIpc) is 2.98. The molecule has 3 nitrogen and oxygen atoms in total. The molecule has 0 radical (unpaired) electrons. The van der Waals surface area contributed by atoms with Crippen LogP contribution >= 0.6 is 0 Å². The molecule has 2 heterocycles. The van der Waals surface area contributed by atoms with E-state index in [4.69, 9.17) is 4.42 Å². The zero-order valence-electron chi connectivity index (χ0n) is 13.8. The van der Waals surface area contributed by atoms with E-state index in [9.17, 15) is 0 Å². The molecule has 21 heavy (non-hydrogen) atoms. The standard InChI is InChI=1S/C18H30N2O/c1-15(2)8-11-20-12-9-17(10-13-20)19-16(3)6-7-18-5-4-14-21-18/h4-5,8,14,16-17,19H,6-7,9-13H2,1-3H3. The SMILES string of the molecule is CC(C)=CCN1CCC(NC(C)CCc2ccco2)CC1. The fourth-order valence-electron chi connectivity index (χ4n) is 2.89. The van der Waals surface area contributed by atoms with Crippen LogP contribution in [0.1, 0.15) is 45.8 Å². The molecule has 0 amide bonds. The molecule has 1 N–H and O–H groups in total. The molecule has 1 aliphatic heterocycles. The van der Waals surface area contributed by atoms with Crippen molar-refractivity contribution in [2.45, 2.75) is 58.5 Å². The summed E-state index contributed by atoms with van der Waals surface area (Å²) in [4.78, 5) is 2.55. The monoisotopic (exact) mass is 290 g/mol. The second-order valence-electron chi connectivity index (χ2n) is 6.54. The summed E-state index contributed by atoms with van der Waals surface area (Å²) in [6.45, 7) is 10.2. The summed E-state index contributed by atoms with van der Waals surface area (Å²) in [5.41, 5.74) is 1.42. The summed E-state index contributed by atoms with van der Waals surface area (Å²) in [5.74, 6) is 1.10. The smallest absolute Gasteiger partial charge is 0.103 e. The van der Waals surface area contributed by atoms with Crippen LogP contribution in [0.25, 0.3) is 0 Å². The van der Waals surface area contributed by atoms with Gasteiger partial charge in [-0.15, -0.1) is 0 Å². The number of rotatable bonds is 7. The van der Waals surface area contributed by atoms with Gasteiger partial charge in [-0.25, -0.2) is 0 Å². The van der Waals surface area contributed by atoms with Crippen LogP contribution in [0.3, 0.4) is 0 Å². The molecule has 1 aromatic heterocycles. The fourth-order valence-corrected chi connectivity index (χ4v) is 2.89. The van der Waals surface area contributed by atoms with Gasteiger partial charge in [0.25, 0.3) is 0 Å². The molecular weight excluding hydrogens is 260 g/mol. The minimum atomic E-state index is 0.560.